The van der Waals surface area contributed by atoms with Gasteiger partial charge in [-0.25, -0.2) is 0 Å². The van der Waals surface area contributed by atoms with E-state index in [2.05, 4.69) is 11.8 Å². The maximum atomic E-state index is 10.2. The maximum absolute atomic E-state index is 10.2. The Bertz CT molecular complexity index is 144. The van der Waals surface area contributed by atoms with Crippen molar-refractivity contribution < 1.29 is 14.0 Å². The summed E-state index contributed by atoms with van der Waals surface area (Å²) in [5.41, 5.74) is 0. The van der Waals surface area contributed by atoms with Gasteiger partial charge in [0.1, 0.15) is 12.5 Å². The lowest BCUT2D eigenvalue weighted by Gasteiger charge is -2.26. The Labute approximate surface area is 61.5 Å². The SMILES string of the molecule is [CH2-][N+](C)(C)/C=C/OC(C)=O. The summed E-state index contributed by atoms with van der Waals surface area (Å²) < 4.78 is 4.94. The van der Waals surface area contributed by atoms with Gasteiger partial charge in [0.25, 0.3) is 0 Å². The van der Waals surface area contributed by atoms with E-state index >= 15 is 0 Å². The molecule has 0 saturated carbocycles. The second-order valence-corrected chi connectivity index (χ2v) is 2.67. The van der Waals surface area contributed by atoms with Crippen LogP contribution in [0, 0.1) is 7.05 Å². The van der Waals surface area contributed by atoms with E-state index in [1.165, 1.54) is 13.2 Å². The minimum Gasteiger partial charge on any atom is -0.432 e. The first-order valence-corrected chi connectivity index (χ1v) is 2.95. The molecular formula is C7H13NO2. The Morgan fingerprint density at radius 1 is 1.60 bits per heavy atom. The molecule has 0 fully saturated rings. The van der Waals surface area contributed by atoms with Crippen molar-refractivity contribution in [2.75, 3.05) is 14.1 Å². The number of hydrogen-bond acceptors (Lipinski definition) is 2. The molecule has 0 aliphatic carbocycles. The fraction of sp³-hybridized carbons (Fsp3) is 0.429. The monoisotopic (exact) mass is 143 g/mol. The van der Waals surface area contributed by atoms with Crippen LogP contribution in [-0.4, -0.2) is 24.5 Å². The van der Waals surface area contributed by atoms with Gasteiger partial charge in [0, 0.05) is 21.0 Å². The third-order valence-corrected chi connectivity index (χ3v) is 0.698. The van der Waals surface area contributed by atoms with Crippen molar-refractivity contribution in [2.45, 2.75) is 6.92 Å². The van der Waals surface area contributed by atoms with Crippen LogP contribution in [0.4, 0.5) is 0 Å². The Kier molecular flexibility index (Phi) is 3.09. The van der Waals surface area contributed by atoms with Crippen molar-refractivity contribution in [3.05, 3.63) is 19.5 Å². The first-order valence-electron chi connectivity index (χ1n) is 2.95. The molecule has 0 unspecified atom stereocenters. The van der Waals surface area contributed by atoms with Gasteiger partial charge < -0.3 is 9.22 Å². The summed E-state index contributed by atoms with van der Waals surface area (Å²) >= 11 is 0. The summed E-state index contributed by atoms with van der Waals surface area (Å²) in [4.78, 5) is 10.2. The fourth-order valence-electron chi connectivity index (χ4n) is 0.291. The van der Waals surface area contributed by atoms with E-state index in [4.69, 9.17) is 0 Å². The van der Waals surface area contributed by atoms with Crippen LogP contribution in [0.5, 0.6) is 0 Å². The molecule has 0 heterocycles. The zero-order valence-corrected chi connectivity index (χ0v) is 6.63. The van der Waals surface area contributed by atoms with Gasteiger partial charge in [0.05, 0.1) is 0 Å². The van der Waals surface area contributed by atoms with Gasteiger partial charge in [-0.05, 0) is 0 Å². The summed E-state index contributed by atoms with van der Waals surface area (Å²) in [6.07, 6.45) is 3.01. The molecule has 0 rings (SSSR count). The number of hydrogen-bond donors (Lipinski definition) is 0. The van der Waals surface area contributed by atoms with Gasteiger partial charge in [0.15, 0.2) is 0 Å². The Morgan fingerprint density at radius 3 is 2.40 bits per heavy atom. The number of carbonyl (C=O) groups is 1. The smallest absolute Gasteiger partial charge is 0.307 e. The van der Waals surface area contributed by atoms with Crippen LogP contribution in [0.3, 0.4) is 0 Å². The van der Waals surface area contributed by atoms with Crippen LogP contribution in [0.1, 0.15) is 6.92 Å². The third-order valence-electron chi connectivity index (χ3n) is 0.698. The normalized spacial score (nSPS) is 12.0. The van der Waals surface area contributed by atoms with E-state index in [-0.39, 0.29) is 5.97 Å². The van der Waals surface area contributed by atoms with Crippen LogP contribution in [0.2, 0.25) is 0 Å². The van der Waals surface area contributed by atoms with Gasteiger partial charge in [-0.15, -0.1) is 7.05 Å². The Hall–Kier alpha value is -0.830. The van der Waals surface area contributed by atoms with Crippen LogP contribution in [-0.2, 0) is 9.53 Å². The van der Waals surface area contributed by atoms with Crippen molar-refractivity contribution in [1.82, 2.24) is 0 Å². The molecule has 0 aromatic carbocycles. The van der Waals surface area contributed by atoms with E-state index in [9.17, 15) is 4.79 Å². The summed E-state index contributed by atoms with van der Waals surface area (Å²) in [7, 11) is 7.45. The molecule has 0 aromatic heterocycles. The fourth-order valence-corrected chi connectivity index (χ4v) is 0.291. The predicted molar refractivity (Wildman–Crippen MR) is 38.4 cm³/mol. The molecule has 0 saturated heterocycles. The van der Waals surface area contributed by atoms with Gasteiger partial charge in [-0.2, -0.15) is 0 Å². The molecule has 0 aliphatic rings. The highest BCUT2D eigenvalue weighted by Crippen LogP contribution is 1.93. The van der Waals surface area contributed by atoms with Gasteiger partial charge in [-0.1, -0.05) is 0 Å². The number of ether oxygens (including phenoxy) is 1. The van der Waals surface area contributed by atoms with Crippen LogP contribution in [0.15, 0.2) is 12.5 Å². The van der Waals surface area contributed by atoms with Gasteiger partial charge in [0.2, 0.25) is 0 Å². The molecule has 0 amide bonds. The largest absolute Gasteiger partial charge is 0.432 e. The molecular weight excluding hydrogens is 130 g/mol. The minimum absolute atomic E-state index is 0.315. The van der Waals surface area contributed by atoms with Crippen molar-refractivity contribution in [1.29, 1.82) is 0 Å². The first-order chi connectivity index (χ1) is 4.42. The topological polar surface area (TPSA) is 26.3 Å². The highest BCUT2D eigenvalue weighted by molar-refractivity contribution is 5.66. The molecule has 3 nitrogen and oxygen atoms in total. The zero-order chi connectivity index (χ0) is 8.20. The van der Waals surface area contributed by atoms with E-state index < -0.39 is 0 Å². The molecule has 0 bridgehead atoms. The molecule has 0 aliphatic heterocycles. The second kappa shape index (κ2) is 3.37. The number of rotatable bonds is 2. The molecule has 10 heavy (non-hydrogen) atoms. The van der Waals surface area contributed by atoms with E-state index in [0.29, 0.717) is 4.48 Å². The lowest BCUT2D eigenvalue weighted by atomic mass is 10.7. The molecule has 0 aromatic rings. The first kappa shape index (κ1) is 9.17. The van der Waals surface area contributed by atoms with E-state index in [1.807, 2.05) is 14.1 Å². The Morgan fingerprint density at radius 2 is 2.10 bits per heavy atom. The summed E-state index contributed by atoms with van der Waals surface area (Å²) in [5.74, 6) is -0.315. The van der Waals surface area contributed by atoms with Gasteiger partial charge >= 0.3 is 5.97 Å². The summed E-state index contributed by atoms with van der Waals surface area (Å²) in [6.45, 7) is 1.35. The number of esters is 1. The van der Waals surface area contributed by atoms with Crippen molar-refractivity contribution >= 4 is 5.97 Å². The van der Waals surface area contributed by atoms with E-state index in [1.54, 1.807) is 6.20 Å². The predicted octanol–water partition coefficient (Wildman–Crippen LogP) is 0.889. The average molecular weight is 143 g/mol. The number of carbonyl (C=O) groups excluding carboxylic acids is 1. The Balaban J connectivity index is 3.67. The quantitative estimate of drug-likeness (QED) is 0.248. The molecule has 58 valence electrons. The van der Waals surface area contributed by atoms with E-state index in [0.717, 1.165) is 0 Å². The third kappa shape index (κ3) is 7.17. The van der Waals surface area contributed by atoms with Crippen LogP contribution >= 0.6 is 0 Å². The molecule has 0 atom stereocenters. The van der Waals surface area contributed by atoms with Gasteiger partial charge in [-0.3, -0.25) is 4.79 Å². The summed E-state index contributed by atoms with van der Waals surface area (Å²) in [5, 5.41) is 0. The maximum Gasteiger partial charge on any atom is 0.307 e. The zero-order valence-electron chi connectivity index (χ0n) is 6.63. The average Bonchev–Trinajstić information content (AvgIpc) is 1.59. The highest BCUT2D eigenvalue weighted by Gasteiger charge is 1.92. The lowest BCUT2D eigenvalue weighted by molar-refractivity contribution is -0.791. The van der Waals surface area contributed by atoms with Crippen molar-refractivity contribution in [3.8, 4) is 0 Å². The highest BCUT2D eigenvalue weighted by atomic mass is 16.5. The standard InChI is InChI=1S/C7H13NO2/c1-7(9)10-6-5-8(2,3)4/h5-6H,2H2,1,3-4H3/b6-5+. The number of nitrogens with zero attached hydrogens (tertiary/aromatic N) is 1. The van der Waals surface area contributed by atoms with Crippen molar-refractivity contribution in [3.63, 3.8) is 0 Å². The molecule has 0 spiro atoms. The summed E-state index contributed by atoms with van der Waals surface area (Å²) in [6, 6.07) is 0. The lowest BCUT2D eigenvalue weighted by Crippen LogP contribution is -2.23. The molecule has 0 radical (unpaired) electrons. The molecule has 0 N–H and O–H groups in total. The minimum atomic E-state index is -0.315. The van der Waals surface area contributed by atoms with Crippen molar-refractivity contribution in [2.24, 2.45) is 0 Å². The molecule has 3 heteroatoms. The van der Waals surface area contributed by atoms with Crippen LogP contribution < -0.4 is 0 Å². The number of quaternary nitrogens is 1. The second-order valence-electron chi connectivity index (χ2n) is 2.67. The van der Waals surface area contributed by atoms with Crippen LogP contribution in [0.25, 0.3) is 0 Å².